The van der Waals surface area contributed by atoms with Gasteiger partial charge in [-0.3, -0.25) is 4.79 Å². The first-order valence-corrected chi connectivity index (χ1v) is 14.3. The van der Waals surface area contributed by atoms with Gasteiger partial charge in [-0.05, 0) is 72.1 Å². The topological polar surface area (TPSA) is 95.9 Å². The summed E-state index contributed by atoms with van der Waals surface area (Å²) in [6.07, 6.45) is 9.15. The van der Waals surface area contributed by atoms with E-state index in [1.165, 1.54) is 32.1 Å². The Kier molecular flexibility index (Phi) is 11.3. The molecule has 0 spiro atoms. The number of carbonyl (C=O) groups excluding carboxylic acids is 1. The number of aliphatic carboxylic acids is 1. The Morgan fingerprint density at radius 1 is 1.11 bits per heavy atom. The summed E-state index contributed by atoms with van der Waals surface area (Å²) < 4.78 is 6.11. The van der Waals surface area contributed by atoms with Crippen molar-refractivity contribution in [1.82, 2.24) is 5.32 Å². The van der Waals surface area contributed by atoms with Crippen molar-refractivity contribution >= 4 is 23.6 Å². The third-order valence-corrected chi connectivity index (χ3v) is 7.63. The minimum atomic E-state index is -1.03. The van der Waals surface area contributed by atoms with Crippen LogP contribution in [-0.4, -0.2) is 52.9 Å². The molecule has 3 N–H and O–H groups in total. The number of benzene rings is 2. The van der Waals surface area contributed by atoms with Crippen LogP contribution in [0, 0.1) is 12.8 Å². The molecule has 1 aliphatic rings. The normalized spacial score (nSPS) is 15.9. The molecule has 1 aliphatic carbocycles. The number of ether oxygens (including phenoxy) is 1. The number of rotatable bonds is 13. The Labute approximate surface area is 218 Å². The fourth-order valence-electron chi connectivity index (χ4n) is 4.91. The molecular weight excluding hydrogens is 474 g/mol. The van der Waals surface area contributed by atoms with E-state index in [-0.39, 0.29) is 12.7 Å². The van der Waals surface area contributed by atoms with Gasteiger partial charge in [0.2, 0.25) is 0 Å². The quantitative estimate of drug-likeness (QED) is 0.330. The molecular formula is C29H39NO5S. The van der Waals surface area contributed by atoms with Gasteiger partial charge in [0.15, 0.2) is 0 Å². The third kappa shape index (κ3) is 8.08. The van der Waals surface area contributed by atoms with Crippen molar-refractivity contribution in [2.24, 2.45) is 5.92 Å². The molecule has 3 rings (SSSR count). The molecule has 1 amide bonds. The maximum Gasteiger partial charge on any atom is 0.326 e. The highest BCUT2D eigenvalue weighted by molar-refractivity contribution is 7.98. The zero-order valence-corrected chi connectivity index (χ0v) is 22.2. The second-order valence-corrected chi connectivity index (χ2v) is 10.7. The Bertz CT molecular complexity index is 1000. The Hall–Kier alpha value is -2.35. The van der Waals surface area contributed by atoms with E-state index < -0.39 is 17.9 Å². The summed E-state index contributed by atoms with van der Waals surface area (Å²) in [7, 11) is 0. The molecule has 0 radical (unpaired) electrons. The molecule has 2 aromatic rings. The summed E-state index contributed by atoms with van der Waals surface area (Å²) in [6, 6.07) is 12.4. The SMILES string of the molecule is CSCC[C@H](NC(=O)c1ccc(CO[C@H](CO)CC2CCCCC2)cc1-c1ccccc1C)C(=O)O. The minimum Gasteiger partial charge on any atom is -0.480 e. The molecule has 0 bridgehead atoms. The predicted octanol–water partition coefficient (Wildman–Crippen LogP) is 5.45. The number of aryl methyl sites for hydroxylation is 1. The average Bonchev–Trinajstić information content (AvgIpc) is 2.89. The third-order valence-electron chi connectivity index (χ3n) is 6.99. The zero-order chi connectivity index (χ0) is 25.9. The summed E-state index contributed by atoms with van der Waals surface area (Å²) in [5.74, 6) is -0.184. The summed E-state index contributed by atoms with van der Waals surface area (Å²) in [5, 5.41) is 22.2. The van der Waals surface area contributed by atoms with E-state index in [2.05, 4.69) is 5.32 Å². The number of carboxylic acids is 1. The molecule has 0 unspecified atom stereocenters. The Morgan fingerprint density at radius 3 is 2.53 bits per heavy atom. The van der Waals surface area contributed by atoms with Crippen molar-refractivity contribution in [1.29, 1.82) is 0 Å². The second kappa shape index (κ2) is 14.4. The lowest BCUT2D eigenvalue weighted by Crippen LogP contribution is -2.41. The van der Waals surface area contributed by atoms with E-state index in [0.717, 1.165) is 28.7 Å². The minimum absolute atomic E-state index is 0.00569. The van der Waals surface area contributed by atoms with E-state index in [1.807, 2.05) is 49.6 Å². The fourth-order valence-corrected chi connectivity index (χ4v) is 5.38. The lowest BCUT2D eigenvalue weighted by Gasteiger charge is -2.26. The van der Waals surface area contributed by atoms with Crippen LogP contribution in [0.1, 0.15) is 66.4 Å². The monoisotopic (exact) mass is 513 g/mol. The first-order valence-electron chi connectivity index (χ1n) is 12.9. The van der Waals surface area contributed by atoms with E-state index in [0.29, 0.717) is 30.3 Å². The van der Waals surface area contributed by atoms with Crippen molar-refractivity contribution in [3.8, 4) is 11.1 Å². The molecule has 0 saturated heterocycles. The largest absolute Gasteiger partial charge is 0.480 e. The number of hydrogen-bond acceptors (Lipinski definition) is 5. The smallest absolute Gasteiger partial charge is 0.326 e. The molecule has 36 heavy (non-hydrogen) atoms. The summed E-state index contributed by atoms with van der Waals surface area (Å²) in [5.41, 5.74) is 4.02. The summed E-state index contributed by atoms with van der Waals surface area (Å²) in [6.45, 7) is 2.32. The number of aliphatic hydroxyl groups excluding tert-OH is 1. The zero-order valence-electron chi connectivity index (χ0n) is 21.4. The van der Waals surface area contributed by atoms with Crippen LogP contribution in [0.15, 0.2) is 42.5 Å². The molecule has 2 atom stereocenters. The number of hydrogen-bond donors (Lipinski definition) is 3. The predicted molar refractivity (Wildman–Crippen MR) is 145 cm³/mol. The fraction of sp³-hybridized carbons (Fsp3) is 0.517. The first kappa shape index (κ1) is 28.2. The van der Waals surface area contributed by atoms with Gasteiger partial charge < -0.3 is 20.3 Å². The maximum absolute atomic E-state index is 13.2. The highest BCUT2D eigenvalue weighted by atomic mass is 32.2. The molecule has 196 valence electrons. The number of nitrogens with one attached hydrogen (secondary N) is 1. The van der Waals surface area contributed by atoms with Crippen molar-refractivity contribution in [2.75, 3.05) is 18.6 Å². The van der Waals surface area contributed by atoms with Crippen molar-refractivity contribution in [3.63, 3.8) is 0 Å². The van der Waals surface area contributed by atoms with Crippen molar-refractivity contribution in [3.05, 3.63) is 59.2 Å². The summed E-state index contributed by atoms with van der Waals surface area (Å²) >= 11 is 1.55. The lowest BCUT2D eigenvalue weighted by molar-refractivity contribution is -0.139. The van der Waals surface area contributed by atoms with Gasteiger partial charge in [-0.25, -0.2) is 4.79 Å². The lowest BCUT2D eigenvalue weighted by atomic mass is 9.85. The highest BCUT2D eigenvalue weighted by Crippen LogP contribution is 2.30. The molecule has 2 aromatic carbocycles. The van der Waals surface area contributed by atoms with Gasteiger partial charge in [0.1, 0.15) is 6.04 Å². The van der Waals surface area contributed by atoms with Crippen LogP contribution in [0.3, 0.4) is 0 Å². The maximum atomic E-state index is 13.2. The van der Waals surface area contributed by atoms with E-state index in [1.54, 1.807) is 17.8 Å². The Morgan fingerprint density at radius 2 is 1.86 bits per heavy atom. The molecule has 1 saturated carbocycles. The standard InChI is InChI=1S/C29H39NO5S/c1-20-8-6-7-11-24(20)26-17-22(19-35-23(18-31)16-21-9-4-3-5-10-21)12-13-25(26)28(32)30-27(29(33)34)14-15-36-2/h6-8,11-13,17,21,23,27,31H,3-5,9-10,14-16,18-19H2,1-2H3,(H,30,32)(H,33,34)/t23-,27-/m0/s1. The van der Waals surface area contributed by atoms with Crippen LogP contribution in [0.5, 0.6) is 0 Å². The molecule has 0 heterocycles. The van der Waals surface area contributed by atoms with Gasteiger partial charge in [0.25, 0.3) is 5.91 Å². The number of carbonyl (C=O) groups is 2. The number of carboxylic acid groups (broad SMARTS) is 1. The van der Waals surface area contributed by atoms with E-state index >= 15 is 0 Å². The van der Waals surface area contributed by atoms with Crippen LogP contribution in [0.25, 0.3) is 11.1 Å². The molecule has 1 fully saturated rings. The highest BCUT2D eigenvalue weighted by Gasteiger charge is 2.23. The van der Waals surface area contributed by atoms with Crippen LogP contribution in [-0.2, 0) is 16.1 Å². The van der Waals surface area contributed by atoms with E-state index in [9.17, 15) is 19.8 Å². The van der Waals surface area contributed by atoms with Gasteiger partial charge in [0, 0.05) is 5.56 Å². The molecule has 0 aromatic heterocycles. The van der Waals surface area contributed by atoms with Gasteiger partial charge in [0.05, 0.1) is 19.3 Å². The van der Waals surface area contributed by atoms with Crippen LogP contribution in [0.2, 0.25) is 0 Å². The molecule has 7 heteroatoms. The van der Waals surface area contributed by atoms with Crippen molar-refractivity contribution < 1.29 is 24.5 Å². The Balaban J connectivity index is 1.81. The number of amides is 1. The van der Waals surface area contributed by atoms with Gasteiger partial charge >= 0.3 is 5.97 Å². The van der Waals surface area contributed by atoms with Gasteiger partial charge in [-0.15, -0.1) is 0 Å². The number of aliphatic hydroxyl groups is 1. The molecule has 0 aliphatic heterocycles. The second-order valence-electron chi connectivity index (χ2n) is 9.70. The molecule has 6 nitrogen and oxygen atoms in total. The van der Waals surface area contributed by atoms with Crippen LogP contribution < -0.4 is 5.32 Å². The van der Waals surface area contributed by atoms with Crippen LogP contribution in [0.4, 0.5) is 0 Å². The van der Waals surface area contributed by atoms with Gasteiger partial charge in [-0.1, -0.05) is 62.4 Å². The summed E-state index contributed by atoms with van der Waals surface area (Å²) in [4.78, 5) is 24.9. The van der Waals surface area contributed by atoms with Crippen LogP contribution >= 0.6 is 11.8 Å². The van der Waals surface area contributed by atoms with Gasteiger partial charge in [-0.2, -0.15) is 11.8 Å². The van der Waals surface area contributed by atoms with Crippen molar-refractivity contribution in [2.45, 2.75) is 70.6 Å². The number of thioether (sulfide) groups is 1. The average molecular weight is 514 g/mol. The van der Waals surface area contributed by atoms with E-state index in [4.69, 9.17) is 4.74 Å². The first-order chi connectivity index (χ1) is 17.4.